The minimum absolute atomic E-state index is 0.0399. The molecule has 0 aliphatic carbocycles. The topological polar surface area (TPSA) is 88.3 Å². The predicted octanol–water partition coefficient (Wildman–Crippen LogP) is 3.14. The quantitative estimate of drug-likeness (QED) is 0.703. The van der Waals surface area contributed by atoms with E-state index in [0.717, 1.165) is 27.7 Å². The molecule has 1 saturated heterocycles. The number of hydrogen-bond donors (Lipinski definition) is 1. The van der Waals surface area contributed by atoms with Gasteiger partial charge in [0.05, 0.1) is 0 Å². The summed E-state index contributed by atoms with van der Waals surface area (Å²) in [5.74, 6) is 0.500. The van der Waals surface area contributed by atoms with Crippen molar-refractivity contribution in [2.45, 2.75) is 38.8 Å². The number of benzene rings is 2. The molecule has 0 bridgehead atoms. The van der Waals surface area contributed by atoms with Gasteiger partial charge in [-0.2, -0.15) is 4.98 Å². The van der Waals surface area contributed by atoms with Gasteiger partial charge in [-0.1, -0.05) is 54.5 Å². The highest BCUT2D eigenvalue weighted by atomic mass is 16.5. The lowest BCUT2D eigenvalue weighted by molar-refractivity contribution is -0.131. The Labute approximate surface area is 156 Å². The third-order valence-electron chi connectivity index (χ3n) is 4.88. The number of carbonyl (C=O) groups excluding carboxylic acids is 2. The number of amides is 3. The third-order valence-corrected chi connectivity index (χ3v) is 4.88. The molecule has 0 radical (unpaired) electrons. The number of fused-ring (bicyclic) bond motifs is 1. The second-order valence-electron chi connectivity index (χ2n) is 6.83. The highest BCUT2D eigenvalue weighted by Gasteiger charge is 2.50. The highest BCUT2D eigenvalue weighted by Crippen LogP contribution is 2.34. The summed E-state index contributed by atoms with van der Waals surface area (Å²) in [5.41, 5.74) is -0.386. The third kappa shape index (κ3) is 2.85. The number of imide groups is 1. The average Bonchev–Trinajstić information content (AvgIpc) is 3.20. The van der Waals surface area contributed by atoms with Gasteiger partial charge in [0.15, 0.2) is 5.82 Å². The Hall–Kier alpha value is -3.22. The summed E-state index contributed by atoms with van der Waals surface area (Å²) in [4.78, 5) is 31.1. The van der Waals surface area contributed by atoms with Gasteiger partial charge in [-0.25, -0.2) is 4.79 Å². The standard InChI is InChI=1S/C20H20N4O3/c1-3-7-16-21-17(27-23-16)12-24-18(25)20(2,22-19(24)26)15-11-6-9-13-8-4-5-10-14(13)15/h4-6,8-11H,3,7,12H2,1-2H3,(H,22,26)/t20-/m1/s1. The van der Waals surface area contributed by atoms with Crippen molar-refractivity contribution in [3.8, 4) is 0 Å². The van der Waals surface area contributed by atoms with Crippen molar-refractivity contribution in [1.29, 1.82) is 0 Å². The number of nitrogens with one attached hydrogen (secondary N) is 1. The molecule has 1 aromatic heterocycles. The number of hydrogen-bond acceptors (Lipinski definition) is 5. The lowest BCUT2D eigenvalue weighted by atomic mass is 9.88. The normalized spacial score (nSPS) is 19.7. The summed E-state index contributed by atoms with van der Waals surface area (Å²) in [6.07, 6.45) is 1.58. The van der Waals surface area contributed by atoms with E-state index < -0.39 is 11.6 Å². The Morgan fingerprint density at radius 2 is 1.93 bits per heavy atom. The first kappa shape index (κ1) is 17.2. The number of aryl methyl sites for hydroxylation is 1. The molecule has 7 nitrogen and oxygen atoms in total. The fourth-order valence-corrected chi connectivity index (χ4v) is 3.50. The Morgan fingerprint density at radius 1 is 1.15 bits per heavy atom. The van der Waals surface area contributed by atoms with Crippen LogP contribution in [0.4, 0.5) is 4.79 Å². The molecule has 1 aliphatic rings. The van der Waals surface area contributed by atoms with Gasteiger partial charge in [-0.3, -0.25) is 9.69 Å². The van der Waals surface area contributed by atoms with Gasteiger partial charge in [-0.05, 0) is 29.7 Å². The first-order valence-electron chi connectivity index (χ1n) is 8.96. The lowest BCUT2D eigenvalue weighted by Gasteiger charge is -2.23. The SMILES string of the molecule is CCCc1noc(CN2C(=O)N[C@](C)(c3cccc4ccccc34)C2=O)n1. The summed E-state index contributed by atoms with van der Waals surface area (Å²) in [7, 11) is 0. The van der Waals surface area contributed by atoms with E-state index in [1.807, 2.05) is 49.4 Å². The van der Waals surface area contributed by atoms with E-state index >= 15 is 0 Å². The molecule has 27 heavy (non-hydrogen) atoms. The van der Waals surface area contributed by atoms with Gasteiger partial charge in [0, 0.05) is 6.42 Å². The van der Waals surface area contributed by atoms with Gasteiger partial charge < -0.3 is 9.84 Å². The van der Waals surface area contributed by atoms with Gasteiger partial charge in [-0.15, -0.1) is 0 Å². The second kappa shape index (κ2) is 6.50. The monoisotopic (exact) mass is 364 g/mol. The Kier molecular flexibility index (Phi) is 4.14. The van der Waals surface area contributed by atoms with Crippen molar-refractivity contribution in [2.24, 2.45) is 0 Å². The lowest BCUT2D eigenvalue weighted by Crippen LogP contribution is -2.41. The molecule has 3 amide bonds. The van der Waals surface area contributed by atoms with Gasteiger partial charge in [0.1, 0.15) is 12.1 Å². The summed E-state index contributed by atoms with van der Waals surface area (Å²) >= 11 is 0. The van der Waals surface area contributed by atoms with Crippen LogP contribution >= 0.6 is 0 Å². The molecule has 1 fully saturated rings. The highest BCUT2D eigenvalue weighted by molar-refractivity contribution is 6.09. The van der Waals surface area contributed by atoms with Gasteiger partial charge >= 0.3 is 6.03 Å². The number of carbonyl (C=O) groups is 2. The van der Waals surface area contributed by atoms with Crippen LogP contribution < -0.4 is 5.32 Å². The Morgan fingerprint density at radius 3 is 2.74 bits per heavy atom. The number of aromatic nitrogens is 2. The molecule has 0 saturated carbocycles. The molecule has 7 heteroatoms. The van der Waals surface area contributed by atoms with Crippen LogP contribution in [0.5, 0.6) is 0 Å². The van der Waals surface area contributed by atoms with Gasteiger partial charge in [0.2, 0.25) is 5.89 Å². The van der Waals surface area contributed by atoms with Crippen molar-refractivity contribution in [3.05, 3.63) is 59.7 Å². The van der Waals surface area contributed by atoms with Crippen LogP contribution in [-0.4, -0.2) is 27.0 Å². The molecule has 3 aromatic rings. The number of nitrogens with zero attached hydrogens (tertiary/aromatic N) is 3. The zero-order valence-electron chi connectivity index (χ0n) is 15.2. The molecule has 1 aliphatic heterocycles. The predicted molar refractivity (Wildman–Crippen MR) is 98.7 cm³/mol. The van der Waals surface area contributed by atoms with Crippen molar-refractivity contribution in [3.63, 3.8) is 0 Å². The maximum Gasteiger partial charge on any atom is 0.325 e. The van der Waals surface area contributed by atoms with E-state index in [-0.39, 0.29) is 18.3 Å². The zero-order chi connectivity index (χ0) is 19.0. The Bertz CT molecular complexity index is 1020. The molecule has 2 aromatic carbocycles. The fourth-order valence-electron chi connectivity index (χ4n) is 3.50. The van der Waals surface area contributed by atoms with Crippen LogP contribution in [0.1, 0.15) is 37.5 Å². The van der Waals surface area contributed by atoms with E-state index in [2.05, 4.69) is 15.5 Å². The number of urea groups is 1. The van der Waals surface area contributed by atoms with Crippen LogP contribution in [-0.2, 0) is 23.3 Å². The van der Waals surface area contributed by atoms with Crippen LogP contribution in [0, 0.1) is 0 Å². The van der Waals surface area contributed by atoms with Crippen LogP contribution in [0.2, 0.25) is 0 Å². The van der Waals surface area contributed by atoms with Crippen LogP contribution in [0.3, 0.4) is 0 Å². The molecule has 1 atom stereocenters. The van der Waals surface area contributed by atoms with E-state index in [1.54, 1.807) is 6.92 Å². The maximum atomic E-state index is 13.2. The van der Waals surface area contributed by atoms with E-state index in [4.69, 9.17) is 4.52 Å². The van der Waals surface area contributed by atoms with E-state index in [0.29, 0.717) is 12.2 Å². The van der Waals surface area contributed by atoms with Crippen molar-refractivity contribution in [1.82, 2.24) is 20.4 Å². The molecule has 138 valence electrons. The average molecular weight is 364 g/mol. The smallest absolute Gasteiger partial charge is 0.325 e. The summed E-state index contributed by atoms with van der Waals surface area (Å²) in [6, 6.07) is 13.1. The van der Waals surface area contributed by atoms with Crippen molar-refractivity contribution >= 4 is 22.7 Å². The summed E-state index contributed by atoms with van der Waals surface area (Å²) in [6.45, 7) is 3.70. The Balaban J connectivity index is 1.66. The van der Waals surface area contributed by atoms with Crippen LogP contribution in [0.25, 0.3) is 10.8 Å². The first-order chi connectivity index (χ1) is 13.0. The van der Waals surface area contributed by atoms with Crippen LogP contribution in [0.15, 0.2) is 47.0 Å². The molecule has 0 unspecified atom stereocenters. The minimum Gasteiger partial charge on any atom is -0.337 e. The summed E-state index contributed by atoms with van der Waals surface area (Å²) < 4.78 is 5.18. The fraction of sp³-hybridized carbons (Fsp3) is 0.300. The number of rotatable bonds is 5. The molecular weight excluding hydrogens is 344 g/mol. The molecule has 2 heterocycles. The molecule has 4 rings (SSSR count). The van der Waals surface area contributed by atoms with Crippen molar-refractivity contribution < 1.29 is 14.1 Å². The minimum atomic E-state index is -1.15. The summed E-state index contributed by atoms with van der Waals surface area (Å²) in [5, 5.41) is 8.66. The first-order valence-corrected chi connectivity index (χ1v) is 8.96. The molecule has 1 N–H and O–H groups in total. The largest absolute Gasteiger partial charge is 0.337 e. The zero-order valence-corrected chi connectivity index (χ0v) is 15.2. The molecular formula is C20H20N4O3. The van der Waals surface area contributed by atoms with Gasteiger partial charge in [0.25, 0.3) is 5.91 Å². The van der Waals surface area contributed by atoms with E-state index in [9.17, 15) is 9.59 Å². The van der Waals surface area contributed by atoms with Crippen molar-refractivity contribution in [2.75, 3.05) is 0 Å². The second-order valence-corrected chi connectivity index (χ2v) is 6.83. The molecule has 0 spiro atoms. The van der Waals surface area contributed by atoms with E-state index in [1.165, 1.54) is 0 Å². The maximum absolute atomic E-state index is 13.2.